The Kier molecular flexibility index (Phi) is 5.43. The van der Waals surface area contributed by atoms with E-state index >= 15 is 0 Å². The molecule has 0 aliphatic rings. The minimum absolute atomic E-state index is 0.0434. The van der Waals surface area contributed by atoms with Gasteiger partial charge in [0, 0.05) is 12.0 Å². The molecule has 0 aliphatic heterocycles. The molecular formula is C17H14F4O3. The maximum Gasteiger partial charge on any atom is 0.573 e. The molecule has 7 heteroatoms. The fourth-order valence-corrected chi connectivity index (χ4v) is 2.01. The van der Waals surface area contributed by atoms with E-state index in [-0.39, 0.29) is 12.0 Å². The molecule has 2 aromatic carbocycles. The van der Waals surface area contributed by atoms with Gasteiger partial charge >= 0.3 is 6.36 Å². The minimum atomic E-state index is -4.85. The summed E-state index contributed by atoms with van der Waals surface area (Å²) >= 11 is 0. The molecule has 0 radical (unpaired) electrons. The van der Waals surface area contributed by atoms with Crippen LogP contribution in [0.5, 0.6) is 11.5 Å². The lowest BCUT2D eigenvalue weighted by Crippen LogP contribution is -2.17. The molecule has 0 bridgehead atoms. The summed E-state index contributed by atoms with van der Waals surface area (Å²) < 4.78 is 59.1. The Balaban J connectivity index is 2.30. The SMILES string of the molecule is CCC(F)Oc1ccc(-c2cc(C=O)cc(OC(F)(F)F)c2)cc1. The first-order valence-corrected chi connectivity index (χ1v) is 7.08. The maximum atomic E-state index is 13.2. The largest absolute Gasteiger partial charge is 0.573 e. The van der Waals surface area contributed by atoms with Gasteiger partial charge in [-0.1, -0.05) is 19.1 Å². The van der Waals surface area contributed by atoms with Crippen molar-refractivity contribution in [3.8, 4) is 22.6 Å². The molecule has 0 amide bonds. The first-order chi connectivity index (χ1) is 11.3. The van der Waals surface area contributed by atoms with E-state index in [1.54, 1.807) is 19.1 Å². The van der Waals surface area contributed by atoms with Crippen LogP contribution in [0, 0.1) is 0 Å². The average Bonchev–Trinajstić information content (AvgIpc) is 2.53. The molecule has 0 aromatic heterocycles. The van der Waals surface area contributed by atoms with Crippen molar-refractivity contribution in [3.05, 3.63) is 48.0 Å². The van der Waals surface area contributed by atoms with Crippen molar-refractivity contribution in [2.75, 3.05) is 0 Å². The lowest BCUT2D eigenvalue weighted by Gasteiger charge is -2.12. The molecule has 0 saturated carbocycles. The highest BCUT2D eigenvalue weighted by molar-refractivity contribution is 5.80. The standard InChI is InChI=1S/C17H14F4O3/c1-2-16(18)23-14-5-3-12(4-6-14)13-7-11(10-22)8-15(9-13)24-17(19,20)21/h3-10,16H,2H2,1H3. The van der Waals surface area contributed by atoms with Gasteiger partial charge in [-0.25, -0.2) is 4.39 Å². The monoisotopic (exact) mass is 342 g/mol. The Bertz CT molecular complexity index is 696. The Hall–Kier alpha value is -2.57. The number of aldehydes is 1. The van der Waals surface area contributed by atoms with E-state index in [0.717, 1.165) is 6.07 Å². The topological polar surface area (TPSA) is 35.5 Å². The normalized spacial score (nSPS) is 12.5. The van der Waals surface area contributed by atoms with Crippen LogP contribution >= 0.6 is 0 Å². The second kappa shape index (κ2) is 7.33. The maximum absolute atomic E-state index is 13.2. The lowest BCUT2D eigenvalue weighted by molar-refractivity contribution is -0.274. The van der Waals surface area contributed by atoms with Gasteiger partial charge in [-0.2, -0.15) is 0 Å². The van der Waals surface area contributed by atoms with Gasteiger partial charge in [-0.3, -0.25) is 4.79 Å². The van der Waals surface area contributed by atoms with E-state index in [0.29, 0.717) is 23.2 Å². The quantitative estimate of drug-likeness (QED) is 0.538. The van der Waals surface area contributed by atoms with Crippen LogP contribution in [0.3, 0.4) is 0 Å². The second-order valence-corrected chi connectivity index (χ2v) is 4.92. The minimum Gasteiger partial charge on any atom is -0.460 e. The summed E-state index contributed by atoms with van der Waals surface area (Å²) in [4.78, 5) is 10.9. The summed E-state index contributed by atoms with van der Waals surface area (Å²) in [5, 5.41) is 0. The van der Waals surface area contributed by atoms with Gasteiger partial charge in [0.1, 0.15) is 17.8 Å². The number of rotatable bonds is 6. The van der Waals surface area contributed by atoms with Crippen molar-refractivity contribution in [3.63, 3.8) is 0 Å². The molecule has 0 spiro atoms. The molecule has 128 valence electrons. The molecule has 1 atom stereocenters. The Morgan fingerprint density at radius 2 is 1.71 bits per heavy atom. The van der Waals surface area contributed by atoms with Crippen LogP contribution in [0.1, 0.15) is 23.7 Å². The molecule has 0 fully saturated rings. The molecule has 0 heterocycles. The molecule has 24 heavy (non-hydrogen) atoms. The van der Waals surface area contributed by atoms with Crippen molar-refractivity contribution in [1.29, 1.82) is 0 Å². The summed E-state index contributed by atoms with van der Waals surface area (Å²) in [6.07, 6.45) is -5.66. The van der Waals surface area contributed by atoms with Crippen LogP contribution in [0.4, 0.5) is 17.6 Å². The van der Waals surface area contributed by atoms with Crippen molar-refractivity contribution < 1.29 is 31.8 Å². The lowest BCUT2D eigenvalue weighted by atomic mass is 10.0. The van der Waals surface area contributed by atoms with Gasteiger partial charge in [0.15, 0.2) is 0 Å². The van der Waals surface area contributed by atoms with Gasteiger partial charge in [-0.05, 0) is 41.5 Å². The zero-order valence-electron chi connectivity index (χ0n) is 12.6. The van der Waals surface area contributed by atoms with Gasteiger partial charge in [0.2, 0.25) is 6.36 Å². The third-order valence-electron chi connectivity index (χ3n) is 3.07. The van der Waals surface area contributed by atoms with Gasteiger partial charge in [0.25, 0.3) is 0 Å². The van der Waals surface area contributed by atoms with Gasteiger partial charge in [-0.15, -0.1) is 13.2 Å². The number of carbonyl (C=O) groups is 1. The second-order valence-electron chi connectivity index (χ2n) is 4.92. The van der Waals surface area contributed by atoms with Gasteiger partial charge < -0.3 is 9.47 Å². The van der Waals surface area contributed by atoms with Crippen LogP contribution in [0.25, 0.3) is 11.1 Å². The molecule has 2 aromatic rings. The van der Waals surface area contributed by atoms with Crippen molar-refractivity contribution >= 4 is 6.29 Å². The average molecular weight is 342 g/mol. The van der Waals surface area contributed by atoms with Crippen molar-refractivity contribution in [2.24, 2.45) is 0 Å². The van der Waals surface area contributed by atoms with Crippen LogP contribution in [-0.4, -0.2) is 19.0 Å². The number of hydrogen-bond donors (Lipinski definition) is 0. The predicted octanol–water partition coefficient (Wildman–Crippen LogP) is 5.15. The summed E-state index contributed by atoms with van der Waals surface area (Å²) in [6, 6.07) is 9.69. The number of ether oxygens (including phenoxy) is 2. The third kappa shape index (κ3) is 4.97. The number of hydrogen-bond acceptors (Lipinski definition) is 3. The third-order valence-corrected chi connectivity index (χ3v) is 3.07. The fourth-order valence-electron chi connectivity index (χ4n) is 2.01. The number of benzene rings is 2. The summed E-state index contributed by atoms with van der Waals surface area (Å²) in [5.74, 6) is -0.191. The van der Waals surface area contributed by atoms with Crippen LogP contribution < -0.4 is 9.47 Å². The van der Waals surface area contributed by atoms with E-state index in [4.69, 9.17) is 4.74 Å². The molecule has 1 unspecified atom stereocenters. The zero-order chi connectivity index (χ0) is 17.7. The van der Waals surface area contributed by atoms with E-state index in [2.05, 4.69) is 4.74 Å². The Morgan fingerprint density at radius 1 is 1.04 bits per heavy atom. The number of carbonyl (C=O) groups excluding carboxylic acids is 1. The van der Waals surface area contributed by atoms with E-state index < -0.39 is 18.5 Å². The summed E-state index contributed by atoms with van der Waals surface area (Å²) in [5.41, 5.74) is 0.935. The molecule has 0 N–H and O–H groups in total. The molecule has 0 saturated heterocycles. The van der Waals surface area contributed by atoms with E-state index in [9.17, 15) is 22.4 Å². The Morgan fingerprint density at radius 3 is 2.25 bits per heavy atom. The Labute approximate surface area is 135 Å². The van der Waals surface area contributed by atoms with Crippen LogP contribution in [0.2, 0.25) is 0 Å². The highest BCUT2D eigenvalue weighted by Crippen LogP contribution is 2.30. The zero-order valence-corrected chi connectivity index (χ0v) is 12.6. The molecule has 3 nitrogen and oxygen atoms in total. The first kappa shape index (κ1) is 17.8. The van der Waals surface area contributed by atoms with Gasteiger partial charge in [0.05, 0.1) is 0 Å². The van der Waals surface area contributed by atoms with E-state index in [1.165, 1.54) is 24.3 Å². The number of alkyl halides is 4. The number of halogens is 4. The van der Waals surface area contributed by atoms with E-state index in [1.807, 2.05) is 0 Å². The fraction of sp³-hybridized carbons (Fsp3) is 0.235. The summed E-state index contributed by atoms with van der Waals surface area (Å²) in [7, 11) is 0. The van der Waals surface area contributed by atoms with Crippen LogP contribution in [-0.2, 0) is 0 Å². The molecule has 0 aliphatic carbocycles. The molecular weight excluding hydrogens is 328 g/mol. The molecule has 2 rings (SSSR count). The smallest absolute Gasteiger partial charge is 0.460 e. The summed E-state index contributed by atoms with van der Waals surface area (Å²) in [6.45, 7) is 1.63. The van der Waals surface area contributed by atoms with Crippen molar-refractivity contribution in [2.45, 2.75) is 26.1 Å². The van der Waals surface area contributed by atoms with Crippen molar-refractivity contribution in [1.82, 2.24) is 0 Å². The highest BCUT2D eigenvalue weighted by Gasteiger charge is 2.31. The first-order valence-electron chi connectivity index (χ1n) is 7.08. The predicted molar refractivity (Wildman–Crippen MR) is 79.8 cm³/mol. The van der Waals surface area contributed by atoms with Crippen LogP contribution in [0.15, 0.2) is 42.5 Å². The highest BCUT2D eigenvalue weighted by atomic mass is 19.4.